The quantitative estimate of drug-likeness (QED) is 0.932. The number of nitrogens with zero attached hydrogens (tertiary/aromatic N) is 4. The lowest BCUT2D eigenvalue weighted by Crippen LogP contribution is -2.48. The van der Waals surface area contributed by atoms with Crippen molar-refractivity contribution in [3.63, 3.8) is 0 Å². The Bertz CT molecular complexity index is 726. The first kappa shape index (κ1) is 16.3. The fraction of sp³-hybridized carbons (Fsp3) is 0.500. The Morgan fingerprint density at radius 3 is 2.68 bits per heavy atom. The number of phenols is 1. The van der Waals surface area contributed by atoms with Gasteiger partial charge in [-0.25, -0.2) is 0 Å². The molecule has 2 aliphatic rings. The highest BCUT2D eigenvalue weighted by molar-refractivity contribution is 5.70. The molecule has 1 aromatic heterocycles. The summed E-state index contributed by atoms with van der Waals surface area (Å²) in [4.78, 5) is 4.97. The Morgan fingerprint density at radius 1 is 1.12 bits per heavy atom. The van der Waals surface area contributed by atoms with Crippen LogP contribution in [0.2, 0.25) is 0 Å². The number of aromatic nitrogens is 2. The van der Waals surface area contributed by atoms with Gasteiger partial charge in [-0.15, -0.1) is 10.2 Å². The van der Waals surface area contributed by atoms with Gasteiger partial charge in [-0.2, -0.15) is 0 Å². The number of piperidine rings is 1. The van der Waals surface area contributed by atoms with Crippen LogP contribution in [0.5, 0.6) is 5.75 Å². The van der Waals surface area contributed by atoms with Gasteiger partial charge < -0.3 is 14.9 Å². The first-order chi connectivity index (χ1) is 12.2. The normalized spacial score (nSPS) is 23.7. The molecule has 0 saturated carbocycles. The largest absolute Gasteiger partial charge is 0.507 e. The molecule has 2 aromatic rings. The van der Waals surface area contributed by atoms with E-state index in [0.717, 1.165) is 48.2 Å². The molecule has 2 saturated heterocycles. The molecule has 0 amide bonds. The van der Waals surface area contributed by atoms with Crippen LogP contribution in [0.4, 0.5) is 5.82 Å². The minimum absolute atomic E-state index is 0.258. The van der Waals surface area contributed by atoms with Gasteiger partial charge in [-0.05, 0) is 62.5 Å². The number of aryl methyl sites for hydroxylation is 1. The van der Waals surface area contributed by atoms with Crippen molar-refractivity contribution in [2.75, 3.05) is 31.1 Å². The van der Waals surface area contributed by atoms with E-state index in [9.17, 15) is 5.11 Å². The molecule has 0 radical (unpaired) electrons. The lowest BCUT2D eigenvalue weighted by atomic mass is 9.92. The van der Waals surface area contributed by atoms with Crippen molar-refractivity contribution < 1.29 is 5.11 Å². The van der Waals surface area contributed by atoms with Crippen molar-refractivity contribution in [1.82, 2.24) is 15.1 Å². The van der Waals surface area contributed by atoms with Crippen molar-refractivity contribution in [2.45, 2.75) is 32.7 Å². The third kappa shape index (κ3) is 2.97. The molecule has 0 aliphatic carbocycles. The molecule has 3 heterocycles. The standard InChI is InChI=1S/C20H26N4O/c1-3-23-11-9-15-10-12-24(17(15)13-23)19-8-7-16(21-22-19)20-14(2)5-4-6-18(20)25/h4-8,15,17,25H,3,9-13H2,1-2H3/t15-,17-/m1/s1. The summed E-state index contributed by atoms with van der Waals surface area (Å²) in [5.74, 6) is 2.00. The smallest absolute Gasteiger partial charge is 0.151 e. The molecule has 0 bridgehead atoms. The summed E-state index contributed by atoms with van der Waals surface area (Å²) in [5, 5.41) is 19.1. The van der Waals surface area contributed by atoms with Gasteiger partial charge >= 0.3 is 0 Å². The second-order valence-corrected chi connectivity index (χ2v) is 7.24. The summed E-state index contributed by atoms with van der Waals surface area (Å²) in [6, 6.07) is 10.1. The van der Waals surface area contributed by atoms with Crippen LogP contribution in [-0.2, 0) is 0 Å². The lowest BCUT2D eigenvalue weighted by Gasteiger charge is -2.38. The number of fused-ring (bicyclic) bond motifs is 1. The van der Waals surface area contributed by atoms with E-state index in [1.165, 1.54) is 19.4 Å². The average Bonchev–Trinajstić information content (AvgIpc) is 3.05. The van der Waals surface area contributed by atoms with Crippen molar-refractivity contribution >= 4 is 5.82 Å². The number of likely N-dealkylation sites (tertiary alicyclic amines) is 1. The summed E-state index contributed by atoms with van der Waals surface area (Å²) < 4.78 is 0. The molecule has 5 nitrogen and oxygen atoms in total. The van der Waals surface area contributed by atoms with Gasteiger partial charge in [0, 0.05) is 24.7 Å². The molecular formula is C20H26N4O. The Balaban J connectivity index is 1.58. The molecule has 4 rings (SSSR count). The zero-order chi connectivity index (χ0) is 17.4. The number of likely N-dealkylation sites (N-methyl/N-ethyl adjacent to an activating group) is 1. The van der Waals surface area contributed by atoms with E-state index in [1.807, 2.05) is 25.1 Å². The predicted octanol–water partition coefficient (Wildman–Crippen LogP) is 3.08. The maximum atomic E-state index is 10.2. The summed E-state index contributed by atoms with van der Waals surface area (Å²) in [6.07, 6.45) is 2.54. The first-order valence-electron chi connectivity index (χ1n) is 9.29. The summed E-state index contributed by atoms with van der Waals surface area (Å²) in [7, 11) is 0. The summed E-state index contributed by atoms with van der Waals surface area (Å²) >= 11 is 0. The number of benzene rings is 1. The molecule has 2 fully saturated rings. The van der Waals surface area contributed by atoms with Crippen LogP contribution in [0.15, 0.2) is 30.3 Å². The zero-order valence-electron chi connectivity index (χ0n) is 15.0. The summed E-state index contributed by atoms with van der Waals surface area (Å²) in [6.45, 7) is 8.76. The number of aromatic hydroxyl groups is 1. The van der Waals surface area contributed by atoms with E-state index in [1.54, 1.807) is 6.07 Å². The van der Waals surface area contributed by atoms with E-state index in [2.05, 4.69) is 33.0 Å². The molecule has 0 spiro atoms. The van der Waals surface area contributed by atoms with Crippen molar-refractivity contribution in [2.24, 2.45) is 5.92 Å². The van der Waals surface area contributed by atoms with Gasteiger partial charge in [-0.3, -0.25) is 0 Å². The topological polar surface area (TPSA) is 52.5 Å². The number of rotatable bonds is 3. The highest BCUT2D eigenvalue weighted by Gasteiger charge is 2.38. The van der Waals surface area contributed by atoms with Gasteiger partial charge in [-0.1, -0.05) is 19.1 Å². The molecule has 1 N–H and O–H groups in total. The minimum Gasteiger partial charge on any atom is -0.507 e. The minimum atomic E-state index is 0.258. The van der Waals surface area contributed by atoms with E-state index >= 15 is 0 Å². The van der Waals surface area contributed by atoms with Crippen LogP contribution in [-0.4, -0.2) is 52.4 Å². The highest BCUT2D eigenvalue weighted by atomic mass is 16.3. The number of phenolic OH excluding ortho intramolecular Hbond substituents is 1. The molecule has 2 aliphatic heterocycles. The Labute approximate surface area is 149 Å². The van der Waals surface area contributed by atoms with Gasteiger partial charge in [0.1, 0.15) is 5.75 Å². The van der Waals surface area contributed by atoms with Gasteiger partial charge in [0.2, 0.25) is 0 Å². The van der Waals surface area contributed by atoms with Crippen LogP contribution < -0.4 is 4.90 Å². The van der Waals surface area contributed by atoms with Crippen LogP contribution >= 0.6 is 0 Å². The summed E-state index contributed by atoms with van der Waals surface area (Å²) in [5.41, 5.74) is 2.51. The van der Waals surface area contributed by atoms with Gasteiger partial charge in [0.05, 0.1) is 5.69 Å². The first-order valence-corrected chi connectivity index (χ1v) is 9.29. The third-order valence-electron chi connectivity index (χ3n) is 5.85. The number of hydrogen-bond acceptors (Lipinski definition) is 5. The second-order valence-electron chi connectivity index (χ2n) is 7.24. The molecule has 25 heavy (non-hydrogen) atoms. The zero-order valence-corrected chi connectivity index (χ0v) is 15.0. The SMILES string of the molecule is CCN1CC[C@@H]2CCN(c3ccc(-c4c(C)cccc4O)nn3)[C@@H]2C1. The van der Waals surface area contributed by atoms with E-state index in [4.69, 9.17) is 0 Å². The molecule has 2 atom stereocenters. The van der Waals surface area contributed by atoms with Crippen LogP contribution in [0.3, 0.4) is 0 Å². The number of anilines is 1. The molecule has 5 heteroatoms. The lowest BCUT2D eigenvalue weighted by molar-refractivity contribution is 0.182. The van der Waals surface area contributed by atoms with Crippen LogP contribution in [0.25, 0.3) is 11.3 Å². The van der Waals surface area contributed by atoms with Gasteiger partial charge in [0.15, 0.2) is 5.82 Å². The fourth-order valence-corrected chi connectivity index (χ4v) is 4.38. The van der Waals surface area contributed by atoms with E-state index in [0.29, 0.717) is 6.04 Å². The number of hydrogen-bond donors (Lipinski definition) is 1. The fourth-order valence-electron chi connectivity index (χ4n) is 4.38. The Morgan fingerprint density at radius 2 is 1.96 bits per heavy atom. The van der Waals surface area contributed by atoms with Crippen molar-refractivity contribution in [3.8, 4) is 17.0 Å². The van der Waals surface area contributed by atoms with Crippen molar-refractivity contribution in [3.05, 3.63) is 35.9 Å². The van der Waals surface area contributed by atoms with E-state index < -0.39 is 0 Å². The Hall–Kier alpha value is -2.14. The Kier molecular flexibility index (Phi) is 4.34. The van der Waals surface area contributed by atoms with Crippen LogP contribution in [0, 0.1) is 12.8 Å². The third-order valence-corrected chi connectivity index (χ3v) is 5.85. The monoisotopic (exact) mass is 338 g/mol. The molecule has 0 unspecified atom stereocenters. The second kappa shape index (κ2) is 6.64. The van der Waals surface area contributed by atoms with E-state index in [-0.39, 0.29) is 5.75 Å². The highest BCUT2D eigenvalue weighted by Crippen LogP contribution is 2.35. The maximum Gasteiger partial charge on any atom is 0.151 e. The molecular weight excluding hydrogens is 312 g/mol. The van der Waals surface area contributed by atoms with Gasteiger partial charge in [0.25, 0.3) is 0 Å². The van der Waals surface area contributed by atoms with Crippen molar-refractivity contribution in [1.29, 1.82) is 0 Å². The maximum absolute atomic E-state index is 10.2. The molecule has 132 valence electrons. The average molecular weight is 338 g/mol. The predicted molar refractivity (Wildman–Crippen MR) is 99.8 cm³/mol. The van der Waals surface area contributed by atoms with Crippen LogP contribution in [0.1, 0.15) is 25.3 Å². The molecule has 1 aromatic carbocycles.